The third kappa shape index (κ3) is 5.51. The predicted molar refractivity (Wildman–Crippen MR) is 81.1 cm³/mol. The summed E-state index contributed by atoms with van der Waals surface area (Å²) in [5.74, 6) is 1.19. The van der Waals surface area contributed by atoms with Crippen molar-refractivity contribution in [3.8, 4) is 0 Å². The van der Waals surface area contributed by atoms with Gasteiger partial charge < -0.3 is 10.1 Å². The second kappa shape index (κ2) is 8.68. The van der Waals surface area contributed by atoms with E-state index in [-0.39, 0.29) is 0 Å². The van der Waals surface area contributed by atoms with Crippen LogP contribution in [0.15, 0.2) is 28.7 Å². The summed E-state index contributed by atoms with van der Waals surface area (Å²) in [4.78, 5) is 0. The van der Waals surface area contributed by atoms with E-state index in [0.717, 1.165) is 26.1 Å². The van der Waals surface area contributed by atoms with E-state index in [0.29, 0.717) is 11.8 Å². The van der Waals surface area contributed by atoms with Crippen LogP contribution in [0.4, 0.5) is 0 Å². The first-order valence-corrected chi connectivity index (χ1v) is 7.38. The highest BCUT2D eigenvalue weighted by Crippen LogP contribution is 2.26. The van der Waals surface area contributed by atoms with Crippen LogP contribution in [0.25, 0.3) is 0 Å². The lowest BCUT2D eigenvalue weighted by atomic mass is 9.96. The fraction of sp³-hybridized carbons (Fsp3) is 0.600. The Kier molecular flexibility index (Phi) is 7.56. The summed E-state index contributed by atoms with van der Waals surface area (Å²) >= 11 is 3.64. The van der Waals surface area contributed by atoms with Crippen molar-refractivity contribution in [3.63, 3.8) is 0 Å². The fourth-order valence-electron chi connectivity index (χ4n) is 1.98. The molecule has 1 atom stereocenters. The Morgan fingerprint density at radius 3 is 2.56 bits per heavy atom. The van der Waals surface area contributed by atoms with Gasteiger partial charge in [0.25, 0.3) is 0 Å². The van der Waals surface area contributed by atoms with Crippen molar-refractivity contribution in [2.45, 2.75) is 26.2 Å². The summed E-state index contributed by atoms with van der Waals surface area (Å²) in [7, 11) is 1.76. The van der Waals surface area contributed by atoms with Gasteiger partial charge >= 0.3 is 0 Å². The van der Waals surface area contributed by atoms with Crippen molar-refractivity contribution in [2.75, 3.05) is 26.8 Å². The molecule has 1 aromatic rings. The van der Waals surface area contributed by atoms with Crippen LogP contribution >= 0.6 is 15.9 Å². The number of nitrogens with one attached hydrogen (secondary N) is 1. The summed E-state index contributed by atoms with van der Waals surface area (Å²) in [5.41, 5.74) is 1.37. The first kappa shape index (κ1) is 15.7. The van der Waals surface area contributed by atoms with E-state index >= 15 is 0 Å². The van der Waals surface area contributed by atoms with Crippen LogP contribution in [0.1, 0.15) is 31.7 Å². The van der Waals surface area contributed by atoms with Crippen LogP contribution in [-0.4, -0.2) is 26.8 Å². The van der Waals surface area contributed by atoms with Crippen LogP contribution in [0.2, 0.25) is 0 Å². The van der Waals surface area contributed by atoms with Crippen LogP contribution < -0.4 is 5.32 Å². The average molecular weight is 314 g/mol. The molecule has 0 aliphatic carbocycles. The molecule has 1 N–H and O–H groups in total. The normalized spacial score (nSPS) is 12.9. The maximum Gasteiger partial charge on any atom is 0.0468 e. The Labute approximate surface area is 119 Å². The Morgan fingerprint density at radius 1 is 1.22 bits per heavy atom. The molecule has 0 amide bonds. The molecule has 18 heavy (non-hydrogen) atoms. The topological polar surface area (TPSA) is 21.3 Å². The molecule has 2 nitrogen and oxygen atoms in total. The van der Waals surface area contributed by atoms with Gasteiger partial charge in [-0.25, -0.2) is 0 Å². The molecule has 0 heterocycles. The minimum Gasteiger partial charge on any atom is -0.385 e. The van der Waals surface area contributed by atoms with Crippen molar-refractivity contribution in [1.82, 2.24) is 5.32 Å². The van der Waals surface area contributed by atoms with Gasteiger partial charge in [0.1, 0.15) is 0 Å². The van der Waals surface area contributed by atoms with Crippen LogP contribution in [-0.2, 0) is 4.74 Å². The summed E-state index contributed by atoms with van der Waals surface area (Å²) in [5, 5.41) is 3.54. The maximum absolute atomic E-state index is 5.22. The molecular weight excluding hydrogens is 290 g/mol. The zero-order valence-corrected chi connectivity index (χ0v) is 13.2. The molecule has 1 unspecified atom stereocenters. The van der Waals surface area contributed by atoms with Gasteiger partial charge in [-0.05, 0) is 36.4 Å². The number of halogens is 1. The molecule has 0 saturated carbocycles. The molecule has 1 rings (SSSR count). The van der Waals surface area contributed by atoms with Crippen molar-refractivity contribution >= 4 is 15.9 Å². The highest BCUT2D eigenvalue weighted by Gasteiger charge is 2.13. The van der Waals surface area contributed by atoms with E-state index in [1.54, 1.807) is 7.11 Å². The zero-order chi connectivity index (χ0) is 13.4. The van der Waals surface area contributed by atoms with Crippen LogP contribution in [0, 0.1) is 5.92 Å². The molecule has 0 radical (unpaired) electrons. The zero-order valence-electron chi connectivity index (χ0n) is 11.6. The van der Waals surface area contributed by atoms with Gasteiger partial charge in [0, 0.05) is 24.7 Å². The van der Waals surface area contributed by atoms with Gasteiger partial charge in [-0.15, -0.1) is 0 Å². The molecule has 0 fully saturated rings. The number of hydrogen-bond acceptors (Lipinski definition) is 2. The summed E-state index contributed by atoms with van der Waals surface area (Å²) < 4.78 is 6.41. The molecule has 0 bridgehead atoms. The lowest BCUT2D eigenvalue weighted by molar-refractivity contribution is 0.187. The number of benzene rings is 1. The van der Waals surface area contributed by atoms with Crippen LogP contribution in [0.5, 0.6) is 0 Å². The van der Waals surface area contributed by atoms with E-state index in [9.17, 15) is 0 Å². The molecule has 0 aromatic heterocycles. The Balaban J connectivity index is 2.62. The molecule has 3 heteroatoms. The molecule has 1 aromatic carbocycles. The monoisotopic (exact) mass is 313 g/mol. The summed E-state index contributed by atoms with van der Waals surface area (Å²) in [6, 6.07) is 8.46. The number of hydrogen-bond donors (Lipinski definition) is 1. The first-order valence-electron chi connectivity index (χ1n) is 6.59. The van der Waals surface area contributed by atoms with E-state index in [1.165, 1.54) is 10.0 Å². The van der Waals surface area contributed by atoms with E-state index in [4.69, 9.17) is 4.74 Å². The number of rotatable bonds is 8. The minimum atomic E-state index is 0.499. The summed E-state index contributed by atoms with van der Waals surface area (Å²) in [6.45, 7) is 7.33. The second-order valence-electron chi connectivity index (χ2n) is 5.05. The van der Waals surface area contributed by atoms with Crippen molar-refractivity contribution in [2.24, 2.45) is 5.92 Å². The van der Waals surface area contributed by atoms with Gasteiger partial charge in [-0.2, -0.15) is 0 Å². The molecule has 0 aliphatic rings. The van der Waals surface area contributed by atoms with Crippen molar-refractivity contribution in [3.05, 3.63) is 34.3 Å². The lowest BCUT2D eigenvalue weighted by Crippen LogP contribution is -2.26. The van der Waals surface area contributed by atoms with Gasteiger partial charge in [0.15, 0.2) is 0 Å². The first-order chi connectivity index (χ1) is 8.65. The van der Waals surface area contributed by atoms with Gasteiger partial charge in [-0.3, -0.25) is 0 Å². The van der Waals surface area contributed by atoms with E-state index in [1.807, 2.05) is 0 Å². The standard InChI is InChI=1S/C15H24BrNO/c1-12(2)10-17-11-13(8-9-18-3)14-6-4-5-7-15(14)16/h4-7,12-13,17H,8-11H2,1-3H3. The second-order valence-corrected chi connectivity index (χ2v) is 5.91. The lowest BCUT2D eigenvalue weighted by Gasteiger charge is -2.20. The number of methoxy groups -OCH3 is 1. The minimum absolute atomic E-state index is 0.499. The smallest absolute Gasteiger partial charge is 0.0468 e. The molecule has 0 saturated heterocycles. The van der Waals surface area contributed by atoms with Crippen molar-refractivity contribution < 1.29 is 4.74 Å². The highest BCUT2D eigenvalue weighted by molar-refractivity contribution is 9.10. The Bertz CT molecular complexity index is 341. The van der Waals surface area contributed by atoms with E-state index < -0.39 is 0 Å². The van der Waals surface area contributed by atoms with Gasteiger partial charge in [0.05, 0.1) is 0 Å². The van der Waals surface area contributed by atoms with E-state index in [2.05, 4.69) is 59.4 Å². The molecule has 0 spiro atoms. The third-order valence-electron chi connectivity index (χ3n) is 2.96. The van der Waals surface area contributed by atoms with Crippen LogP contribution in [0.3, 0.4) is 0 Å². The summed E-state index contributed by atoms with van der Waals surface area (Å²) in [6.07, 6.45) is 1.05. The quantitative estimate of drug-likeness (QED) is 0.788. The average Bonchev–Trinajstić information content (AvgIpc) is 2.34. The van der Waals surface area contributed by atoms with Gasteiger partial charge in [0.2, 0.25) is 0 Å². The molecule has 102 valence electrons. The Hall–Kier alpha value is -0.380. The SMILES string of the molecule is COCCC(CNCC(C)C)c1ccccc1Br. The molecular formula is C15H24BrNO. The largest absolute Gasteiger partial charge is 0.385 e. The fourth-order valence-corrected chi connectivity index (χ4v) is 2.59. The van der Waals surface area contributed by atoms with Gasteiger partial charge in [-0.1, -0.05) is 48.0 Å². The maximum atomic E-state index is 5.22. The highest BCUT2D eigenvalue weighted by atomic mass is 79.9. The predicted octanol–water partition coefficient (Wildman–Crippen LogP) is 3.81. The number of ether oxygens (including phenoxy) is 1. The van der Waals surface area contributed by atoms with Crippen molar-refractivity contribution in [1.29, 1.82) is 0 Å². The third-order valence-corrected chi connectivity index (χ3v) is 3.68. The molecule has 0 aliphatic heterocycles. The Morgan fingerprint density at radius 2 is 1.94 bits per heavy atom.